The number of nitrogens with one attached hydrogen (secondary N) is 1. The fraction of sp³-hybridized carbons (Fsp3) is 0.308. The Kier molecular flexibility index (Phi) is 5.62. The molecule has 0 aliphatic carbocycles. The molecule has 0 heterocycles. The minimum Gasteiger partial charge on any atom is -0.445 e. The zero-order chi connectivity index (χ0) is 12.5. The molecule has 1 rings (SSSR count). The summed E-state index contributed by atoms with van der Waals surface area (Å²) in [5.41, 5.74) is 3.04. The zero-order valence-electron chi connectivity index (χ0n) is 9.90. The molecule has 1 N–H and O–H groups in total. The van der Waals surface area contributed by atoms with E-state index in [9.17, 15) is 4.79 Å². The van der Waals surface area contributed by atoms with E-state index in [-0.39, 0.29) is 12.7 Å². The van der Waals surface area contributed by atoms with E-state index in [2.05, 4.69) is 17.3 Å². The molecule has 0 aliphatic heterocycles. The van der Waals surface area contributed by atoms with Crippen molar-refractivity contribution in [1.82, 2.24) is 5.48 Å². The standard InChI is InChI=1S/C13H15NO3/c1-11(2)17-13(15)14-16-10-6-9-12-7-4-3-5-8-12/h3-5,7-8,11H,10H2,1-2H3,(H,14,15). The maximum Gasteiger partial charge on any atom is 0.431 e. The van der Waals surface area contributed by atoms with Crippen molar-refractivity contribution in [3.63, 3.8) is 0 Å². The molecule has 4 nitrogen and oxygen atoms in total. The van der Waals surface area contributed by atoms with E-state index < -0.39 is 6.09 Å². The highest BCUT2D eigenvalue weighted by atomic mass is 16.7. The van der Waals surface area contributed by atoms with Gasteiger partial charge in [0.1, 0.15) is 6.61 Å². The van der Waals surface area contributed by atoms with Crippen molar-refractivity contribution in [3.05, 3.63) is 35.9 Å². The topological polar surface area (TPSA) is 47.6 Å². The quantitative estimate of drug-likeness (QED) is 0.494. The fourth-order valence-electron chi connectivity index (χ4n) is 1.03. The van der Waals surface area contributed by atoms with Crippen molar-refractivity contribution in [2.24, 2.45) is 0 Å². The van der Waals surface area contributed by atoms with E-state index in [0.717, 1.165) is 5.56 Å². The van der Waals surface area contributed by atoms with Crippen molar-refractivity contribution in [2.45, 2.75) is 20.0 Å². The maximum atomic E-state index is 11.0. The Morgan fingerprint density at radius 1 is 1.35 bits per heavy atom. The molecule has 0 fully saturated rings. The van der Waals surface area contributed by atoms with Gasteiger partial charge in [-0.15, -0.1) is 0 Å². The molecule has 1 aromatic carbocycles. The lowest BCUT2D eigenvalue weighted by atomic mass is 10.2. The van der Waals surface area contributed by atoms with Gasteiger partial charge in [0, 0.05) is 5.56 Å². The van der Waals surface area contributed by atoms with E-state index >= 15 is 0 Å². The van der Waals surface area contributed by atoms with E-state index in [0.29, 0.717) is 0 Å². The van der Waals surface area contributed by atoms with Gasteiger partial charge in [0.05, 0.1) is 6.10 Å². The molecule has 17 heavy (non-hydrogen) atoms. The maximum absolute atomic E-state index is 11.0. The minimum atomic E-state index is -0.610. The molecular weight excluding hydrogens is 218 g/mol. The highest BCUT2D eigenvalue weighted by Gasteiger charge is 2.02. The Bertz CT molecular complexity index is 404. The molecule has 0 saturated carbocycles. The molecular formula is C13H15NO3. The monoisotopic (exact) mass is 233 g/mol. The number of benzene rings is 1. The lowest BCUT2D eigenvalue weighted by Crippen LogP contribution is -2.27. The van der Waals surface area contributed by atoms with Crippen molar-refractivity contribution < 1.29 is 14.4 Å². The lowest BCUT2D eigenvalue weighted by Gasteiger charge is -2.07. The van der Waals surface area contributed by atoms with Crippen molar-refractivity contribution in [1.29, 1.82) is 0 Å². The lowest BCUT2D eigenvalue weighted by molar-refractivity contribution is 0.0317. The van der Waals surface area contributed by atoms with Gasteiger partial charge < -0.3 is 4.74 Å². The number of rotatable bonds is 3. The Labute approximate surface area is 101 Å². The van der Waals surface area contributed by atoms with Crippen LogP contribution in [0.25, 0.3) is 0 Å². The second-order valence-corrected chi connectivity index (χ2v) is 3.51. The van der Waals surface area contributed by atoms with Gasteiger partial charge in [-0.2, -0.15) is 5.48 Å². The van der Waals surface area contributed by atoms with Gasteiger partial charge in [-0.3, -0.25) is 4.84 Å². The van der Waals surface area contributed by atoms with Crippen LogP contribution in [0.2, 0.25) is 0 Å². The smallest absolute Gasteiger partial charge is 0.431 e. The third-order valence-corrected chi connectivity index (χ3v) is 1.65. The first-order chi connectivity index (χ1) is 8.18. The van der Waals surface area contributed by atoms with Gasteiger partial charge >= 0.3 is 6.09 Å². The van der Waals surface area contributed by atoms with E-state index in [1.807, 2.05) is 30.3 Å². The molecule has 0 saturated heterocycles. The van der Waals surface area contributed by atoms with E-state index in [1.165, 1.54) is 0 Å². The van der Waals surface area contributed by atoms with E-state index in [4.69, 9.17) is 9.57 Å². The Morgan fingerprint density at radius 2 is 2.06 bits per heavy atom. The summed E-state index contributed by atoms with van der Waals surface area (Å²) in [5.74, 6) is 5.66. The normalized spacial score (nSPS) is 9.35. The van der Waals surface area contributed by atoms with Gasteiger partial charge in [-0.05, 0) is 26.0 Å². The summed E-state index contributed by atoms with van der Waals surface area (Å²) < 4.78 is 4.79. The van der Waals surface area contributed by atoms with Crippen LogP contribution in [0.1, 0.15) is 19.4 Å². The molecule has 4 heteroatoms. The largest absolute Gasteiger partial charge is 0.445 e. The summed E-state index contributed by atoms with van der Waals surface area (Å²) in [6.45, 7) is 3.63. The van der Waals surface area contributed by atoms with Crippen LogP contribution in [0.3, 0.4) is 0 Å². The van der Waals surface area contributed by atoms with Crippen LogP contribution in [-0.4, -0.2) is 18.8 Å². The summed E-state index contributed by atoms with van der Waals surface area (Å²) in [7, 11) is 0. The average molecular weight is 233 g/mol. The summed E-state index contributed by atoms with van der Waals surface area (Å²) in [6.07, 6.45) is -0.782. The zero-order valence-corrected chi connectivity index (χ0v) is 9.90. The second-order valence-electron chi connectivity index (χ2n) is 3.51. The van der Waals surface area contributed by atoms with Crippen LogP contribution in [0, 0.1) is 11.8 Å². The van der Waals surface area contributed by atoms with Crippen molar-refractivity contribution in [2.75, 3.05) is 6.61 Å². The number of hydroxylamine groups is 1. The molecule has 1 aromatic rings. The highest BCUT2D eigenvalue weighted by molar-refractivity contribution is 5.65. The Balaban J connectivity index is 2.21. The SMILES string of the molecule is CC(C)OC(=O)NOCC#Cc1ccccc1. The second kappa shape index (κ2) is 7.31. The number of hydrogen-bond donors (Lipinski definition) is 1. The Hall–Kier alpha value is -1.99. The van der Waals surface area contributed by atoms with Crippen LogP contribution in [0.4, 0.5) is 4.79 Å². The van der Waals surface area contributed by atoms with Crippen molar-refractivity contribution in [3.8, 4) is 11.8 Å². The van der Waals surface area contributed by atoms with Crippen LogP contribution in [-0.2, 0) is 9.57 Å². The fourth-order valence-corrected chi connectivity index (χ4v) is 1.03. The predicted molar refractivity (Wildman–Crippen MR) is 64.0 cm³/mol. The molecule has 0 aromatic heterocycles. The molecule has 0 bridgehead atoms. The first kappa shape index (κ1) is 13.1. The minimum absolute atomic E-state index is 0.113. The average Bonchev–Trinajstić information content (AvgIpc) is 2.29. The molecule has 90 valence electrons. The van der Waals surface area contributed by atoms with Crippen LogP contribution in [0.5, 0.6) is 0 Å². The van der Waals surface area contributed by atoms with Crippen molar-refractivity contribution >= 4 is 6.09 Å². The first-order valence-electron chi connectivity index (χ1n) is 5.31. The highest BCUT2D eigenvalue weighted by Crippen LogP contribution is 1.94. The summed E-state index contributed by atoms with van der Waals surface area (Å²) in [4.78, 5) is 15.8. The molecule has 0 unspecified atom stereocenters. The predicted octanol–water partition coefficient (Wildman–Crippen LogP) is 2.10. The summed E-state index contributed by atoms with van der Waals surface area (Å²) in [6, 6.07) is 9.53. The first-order valence-corrected chi connectivity index (χ1v) is 5.31. The number of carbonyl (C=O) groups excluding carboxylic acids is 1. The molecule has 1 amide bonds. The summed E-state index contributed by atoms with van der Waals surface area (Å²) >= 11 is 0. The van der Waals surface area contributed by atoms with E-state index in [1.54, 1.807) is 13.8 Å². The van der Waals surface area contributed by atoms with Crippen LogP contribution >= 0.6 is 0 Å². The van der Waals surface area contributed by atoms with Crippen LogP contribution in [0.15, 0.2) is 30.3 Å². The molecule has 0 radical (unpaired) electrons. The number of amides is 1. The van der Waals surface area contributed by atoms with Gasteiger partial charge in [0.25, 0.3) is 0 Å². The summed E-state index contributed by atoms with van der Waals surface area (Å²) in [5, 5.41) is 0. The molecule has 0 aliphatic rings. The molecule has 0 atom stereocenters. The Morgan fingerprint density at radius 3 is 2.71 bits per heavy atom. The van der Waals surface area contributed by atoms with Gasteiger partial charge in [0.15, 0.2) is 0 Å². The number of ether oxygens (including phenoxy) is 1. The molecule has 0 spiro atoms. The number of carbonyl (C=O) groups is 1. The third kappa shape index (κ3) is 6.23. The van der Waals surface area contributed by atoms with Gasteiger partial charge in [-0.25, -0.2) is 4.79 Å². The third-order valence-electron chi connectivity index (χ3n) is 1.65. The van der Waals surface area contributed by atoms with Crippen LogP contribution < -0.4 is 5.48 Å². The van der Waals surface area contributed by atoms with Gasteiger partial charge in [0.2, 0.25) is 0 Å². The number of hydrogen-bond acceptors (Lipinski definition) is 3. The van der Waals surface area contributed by atoms with Gasteiger partial charge in [-0.1, -0.05) is 30.0 Å².